The van der Waals surface area contributed by atoms with E-state index in [1.807, 2.05) is 30.3 Å². The number of aromatic nitrogens is 5. The minimum Gasteiger partial charge on any atom is -0.481 e. The minimum absolute atomic E-state index is 0.0946. The van der Waals surface area contributed by atoms with Gasteiger partial charge in [0.15, 0.2) is 5.65 Å². The molecule has 2 saturated heterocycles. The summed E-state index contributed by atoms with van der Waals surface area (Å²) in [5.41, 5.74) is 4.55. The van der Waals surface area contributed by atoms with Crippen molar-refractivity contribution in [3.05, 3.63) is 90.3 Å². The second-order valence-corrected chi connectivity index (χ2v) is 14.5. The van der Waals surface area contributed by atoms with Crippen molar-refractivity contribution in [1.29, 1.82) is 0 Å². The summed E-state index contributed by atoms with van der Waals surface area (Å²) in [6.07, 6.45) is 3.62. The molecule has 52 heavy (non-hydrogen) atoms. The van der Waals surface area contributed by atoms with Gasteiger partial charge in [-0.15, -0.1) is 0 Å². The first-order chi connectivity index (χ1) is 25.0. The fourth-order valence-electron chi connectivity index (χ4n) is 8.04. The van der Waals surface area contributed by atoms with Crippen molar-refractivity contribution in [2.24, 2.45) is 14.1 Å². The molecule has 0 radical (unpaired) electrons. The number of anilines is 2. The molecule has 2 amide bonds. The molecule has 2 atom stereocenters. The van der Waals surface area contributed by atoms with Gasteiger partial charge in [0.05, 0.1) is 34.1 Å². The number of likely N-dealkylation sites (tertiary alicyclic amines) is 1. The number of urea groups is 1. The largest absolute Gasteiger partial charge is 0.481 e. The molecule has 2 fully saturated rings. The van der Waals surface area contributed by atoms with Gasteiger partial charge in [-0.2, -0.15) is 0 Å². The Morgan fingerprint density at radius 3 is 2.48 bits per heavy atom. The summed E-state index contributed by atoms with van der Waals surface area (Å²) in [4.78, 5) is 54.3. The molecule has 3 aliphatic rings. The third-order valence-electron chi connectivity index (χ3n) is 10.6. The van der Waals surface area contributed by atoms with Gasteiger partial charge in [-0.1, -0.05) is 53.5 Å². The molecule has 5 aromatic rings. The van der Waals surface area contributed by atoms with Crippen molar-refractivity contribution in [2.75, 3.05) is 32.1 Å². The molecule has 0 bridgehead atoms. The molecule has 5 heterocycles. The smallest absolute Gasteiger partial charge is 0.332 e. The number of halogens is 2. The van der Waals surface area contributed by atoms with E-state index < -0.39 is 11.2 Å². The molecule has 0 unspecified atom stereocenters. The van der Waals surface area contributed by atoms with E-state index >= 15 is 0 Å². The maximum absolute atomic E-state index is 13.2. The number of methoxy groups -OCH3 is 1. The first-order valence-corrected chi connectivity index (χ1v) is 17.9. The van der Waals surface area contributed by atoms with Crippen molar-refractivity contribution >= 4 is 51.8 Å². The molecule has 8 rings (SSSR count). The Balaban J connectivity index is 1.13. The van der Waals surface area contributed by atoms with Gasteiger partial charge < -0.3 is 20.7 Å². The summed E-state index contributed by atoms with van der Waals surface area (Å²) < 4.78 is 8.28. The number of hydrogen-bond acceptors (Lipinski definition) is 9. The maximum Gasteiger partial charge on any atom is 0.332 e. The Morgan fingerprint density at radius 1 is 0.962 bits per heavy atom. The zero-order valence-electron chi connectivity index (χ0n) is 29.1. The quantitative estimate of drug-likeness (QED) is 0.212. The monoisotopic (exact) mass is 741 g/mol. The first-order valence-electron chi connectivity index (χ1n) is 17.2. The number of hydrogen-bond donors (Lipinski definition) is 3. The van der Waals surface area contributed by atoms with Crippen LogP contribution in [0.1, 0.15) is 42.3 Å². The van der Waals surface area contributed by atoms with E-state index in [0.717, 1.165) is 54.5 Å². The Bertz CT molecular complexity index is 2430. The van der Waals surface area contributed by atoms with Crippen LogP contribution in [0.15, 0.2) is 52.1 Å². The van der Waals surface area contributed by atoms with E-state index in [1.165, 1.54) is 17.2 Å². The van der Waals surface area contributed by atoms with E-state index in [1.54, 1.807) is 27.1 Å². The predicted octanol–water partition coefficient (Wildman–Crippen LogP) is 5.26. The normalized spacial score (nSPS) is 19.9. The van der Waals surface area contributed by atoms with Gasteiger partial charge in [-0.25, -0.2) is 24.5 Å². The van der Waals surface area contributed by atoms with Crippen molar-refractivity contribution in [3.63, 3.8) is 0 Å². The number of nitrogens with one attached hydrogen (secondary N) is 3. The summed E-state index contributed by atoms with van der Waals surface area (Å²) in [6.45, 7) is 4.06. The third-order valence-corrected chi connectivity index (χ3v) is 11.5. The second kappa shape index (κ2) is 12.9. The maximum atomic E-state index is 13.2. The van der Waals surface area contributed by atoms with E-state index in [9.17, 15) is 14.4 Å². The molecule has 1 aliphatic carbocycles. The average Bonchev–Trinajstić information content (AvgIpc) is 3.74. The van der Waals surface area contributed by atoms with Crippen LogP contribution in [0.4, 0.5) is 16.3 Å². The number of aryl methyl sites for hydroxylation is 3. The van der Waals surface area contributed by atoms with Crippen molar-refractivity contribution < 1.29 is 9.53 Å². The van der Waals surface area contributed by atoms with Crippen LogP contribution in [0, 0.1) is 6.92 Å². The number of pyridine rings is 1. The van der Waals surface area contributed by atoms with Crippen LogP contribution in [0.5, 0.6) is 5.88 Å². The molecule has 268 valence electrons. The van der Waals surface area contributed by atoms with Crippen LogP contribution in [-0.4, -0.2) is 67.3 Å². The number of amides is 2. The Hall–Kier alpha value is -4.98. The highest BCUT2D eigenvalue weighted by Crippen LogP contribution is 2.47. The molecule has 0 saturated carbocycles. The van der Waals surface area contributed by atoms with Gasteiger partial charge in [-0.05, 0) is 50.3 Å². The van der Waals surface area contributed by atoms with Gasteiger partial charge in [0, 0.05) is 62.0 Å². The summed E-state index contributed by atoms with van der Waals surface area (Å²) in [7, 11) is 4.63. The zero-order chi connectivity index (χ0) is 36.5. The molecule has 2 aromatic carbocycles. The highest BCUT2D eigenvalue weighted by Gasteiger charge is 2.45. The Morgan fingerprint density at radius 2 is 1.71 bits per heavy atom. The minimum atomic E-state index is -0.521. The fourth-order valence-corrected chi connectivity index (χ4v) is 8.64. The summed E-state index contributed by atoms with van der Waals surface area (Å²) >= 11 is 14.3. The standard InChI is InChI=1S/C37H37Cl2N9O4/c1-19-41-31(28-32(42-19)46(2)36(51)47(3)34(28)49)43-24-10-6-8-22(30(24)39)21-7-5-9-23(29(21)38)25-17-20-11-12-26(27(20)33(44-25)52-4)48-16-14-37(18-48)13-15-40-35(50)45-37/h5-10,17,26H,11-16,18H2,1-4H3,(H2,40,45,50)(H,41,42,43)/t26-,37-/m1/s1. The van der Waals surface area contributed by atoms with Crippen molar-refractivity contribution in [2.45, 2.75) is 44.2 Å². The zero-order valence-corrected chi connectivity index (χ0v) is 30.7. The van der Waals surface area contributed by atoms with Crippen molar-refractivity contribution in [3.8, 4) is 28.3 Å². The SMILES string of the molecule is COc1nc(-c2cccc(-c3cccc(Nc4nc(C)nc5c4c(=O)n(C)c(=O)n5C)c3Cl)c2Cl)cc2c1[C@H](N1CC[C@]3(CCNC(=O)N3)C1)CC2. The highest BCUT2D eigenvalue weighted by atomic mass is 35.5. The molecule has 1 spiro atoms. The summed E-state index contributed by atoms with van der Waals surface area (Å²) in [5, 5.41) is 10.3. The first kappa shape index (κ1) is 34.1. The number of fused-ring (bicyclic) bond motifs is 2. The fraction of sp³-hybridized carbons (Fsp3) is 0.351. The third kappa shape index (κ3) is 5.58. The molecule has 13 nitrogen and oxygen atoms in total. The van der Waals surface area contributed by atoms with Crippen molar-refractivity contribution in [1.82, 2.24) is 39.6 Å². The summed E-state index contributed by atoms with van der Waals surface area (Å²) in [5.74, 6) is 1.19. The van der Waals surface area contributed by atoms with E-state index in [0.29, 0.717) is 50.8 Å². The molecule has 2 aliphatic heterocycles. The number of rotatable bonds is 6. The number of benzene rings is 2. The topological polar surface area (TPSA) is 148 Å². The van der Waals surface area contributed by atoms with Gasteiger partial charge in [0.1, 0.15) is 17.0 Å². The van der Waals surface area contributed by atoms with E-state index in [-0.39, 0.29) is 34.5 Å². The van der Waals surface area contributed by atoms with Crippen LogP contribution < -0.4 is 31.9 Å². The molecular formula is C37H37Cl2N9O4. The highest BCUT2D eigenvalue weighted by molar-refractivity contribution is 6.39. The van der Waals surface area contributed by atoms with Crippen LogP contribution in [0.25, 0.3) is 33.4 Å². The molecule has 3 aromatic heterocycles. The summed E-state index contributed by atoms with van der Waals surface area (Å²) in [6, 6.07) is 13.4. The van der Waals surface area contributed by atoms with Crippen LogP contribution in [-0.2, 0) is 20.5 Å². The molecular weight excluding hydrogens is 705 g/mol. The lowest BCUT2D eigenvalue weighted by Crippen LogP contribution is -2.59. The average molecular weight is 743 g/mol. The van der Waals surface area contributed by atoms with Gasteiger partial charge >= 0.3 is 11.7 Å². The van der Waals surface area contributed by atoms with Crippen LogP contribution in [0.3, 0.4) is 0 Å². The lowest BCUT2D eigenvalue weighted by Gasteiger charge is -2.36. The Kier molecular flexibility index (Phi) is 8.47. The second-order valence-electron chi connectivity index (χ2n) is 13.8. The molecule has 3 N–H and O–H groups in total. The van der Waals surface area contributed by atoms with E-state index in [4.69, 9.17) is 32.9 Å². The number of ether oxygens (including phenoxy) is 1. The molecule has 15 heteroatoms. The van der Waals surface area contributed by atoms with Gasteiger partial charge in [0.2, 0.25) is 5.88 Å². The predicted molar refractivity (Wildman–Crippen MR) is 201 cm³/mol. The Labute approximate surface area is 309 Å². The van der Waals surface area contributed by atoms with Crippen LogP contribution in [0.2, 0.25) is 10.0 Å². The van der Waals surface area contributed by atoms with Gasteiger partial charge in [-0.3, -0.25) is 18.8 Å². The van der Waals surface area contributed by atoms with E-state index in [2.05, 4.69) is 36.9 Å². The lowest BCUT2D eigenvalue weighted by molar-refractivity contribution is 0.187. The lowest BCUT2D eigenvalue weighted by atomic mass is 9.93. The number of carbonyl (C=O) groups is 1. The van der Waals surface area contributed by atoms with Crippen LogP contribution >= 0.6 is 23.2 Å². The number of nitrogens with zero attached hydrogens (tertiary/aromatic N) is 6. The number of carbonyl (C=O) groups excluding carboxylic acids is 1. The van der Waals surface area contributed by atoms with Gasteiger partial charge in [0.25, 0.3) is 5.56 Å².